The molecule has 5 heteroatoms. The molecule has 1 amide bonds. The smallest absolute Gasteiger partial charge is 0.224 e. The van der Waals surface area contributed by atoms with Crippen molar-refractivity contribution >= 4 is 16.9 Å². The number of hydrogen-bond donors (Lipinski definition) is 1. The van der Waals surface area contributed by atoms with E-state index in [1.807, 2.05) is 78.9 Å². The first-order chi connectivity index (χ1) is 17.0. The van der Waals surface area contributed by atoms with Crippen LogP contribution in [0.25, 0.3) is 33.4 Å². The molecule has 0 radical (unpaired) electrons. The van der Waals surface area contributed by atoms with E-state index in [-0.39, 0.29) is 11.7 Å². The van der Waals surface area contributed by atoms with Crippen molar-refractivity contribution in [3.63, 3.8) is 0 Å². The van der Waals surface area contributed by atoms with Crippen molar-refractivity contribution < 1.29 is 9.18 Å². The summed E-state index contributed by atoms with van der Waals surface area (Å²) in [4.78, 5) is 21.4. The molecule has 0 fully saturated rings. The highest BCUT2D eigenvalue weighted by atomic mass is 19.1. The minimum atomic E-state index is -0.203. The van der Waals surface area contributed by atoms with Crippen LogP contribution in [0, 0.1) is 12.7 Å². The third kappa shape index (κ3) is 5.25. The molecule has 5 rings (SSSR count). The van der Waals surface area contributed by atoms with Crippen LogP contribution in [0.3, 0.4) is 0 Å². The predicted octanol–water partition coefficient (Wildman–Crippen LogP) is 6.27. The van der Waals surface area contributed by atoms with Crippen molar-refractivity contribution in [2.45, 2.75) is 19.9 Å². The Morgan fingerprint density at radius 1 is 0.829 bits per heavy atom. The third-order valence-electron chi connectivity index (χ3n) is 6.01. The van der Waals surface area contributed by atoms with Gasteiger partial charge in [0.15, 0.2) is 5.65 Å². The number of halogens is 1. The van der Waals surface area contributed by atoms with Crippen molar-refractivity contribution in [3.05, 3.63) is 120 Å². The van der Waals surface area contributed by atoms with Crippen LogP contribution >= 0.6 is 0 Å². The fourth-order valence-electron chi connectivity index (χ4n) is 3.99. The van der Waals surface area contributed by atoms with Gasteiger partial charge < -0.3 is 5.32 Å². The molecule has 0 saturated carbocycles. The van der Waals surface area contributed by atoms with Crippen molar-refractivity contribution in [2.24, 2.45) is 0 Å². The molecule has 1 N–H and O–H groups in total. The molecule has 0 aliphatic carbocycles. The van der Waals surface area contributed by atoms with Crippen LogP contribution in [0.5, 0.6) is 0 Å². The number of hydrogen-bond acceptors (Lipinski definition) is 3. The Morgan fingerprint density at radius 2 is 1.54 bits per heavy atom. The first-order valence-electron chi connectivity index (χ1n) is 11.5. The van der Waals surface area contributed by atoms with Crippen LogP contribution in [0.15, 0.2) is 97.2 Å². The summed E-state index contributed by atoms with van der Waals surface area (Å²) in [6.45, 7) is 2.21. The van der Waals surface area contributed by atoms with Gasteiger partial charge in [0.2, 0.25) is 5.91 Å². The Kier molecular flexibility index (Phi) is 6.31. The quantitative estimate of drug-likeness (QED) is 0.324. The molecule has 0 saturated heterocycles. The first-order valence-corrected chi connectivity index (χ1v) is 11.5. The molecule has 5 aromatic rings. The highest BCUT2D eigenvalue weighted by Crippen LogP contribution is 2.23. The second-order valence-electron chi connectivity index (χ2n) is 8.56. The van der Waals surface area contributed by atoms with E-state index in [4.69, 9.17) is 0 Å². The summed E-state index contributed by atoms with van der Waals surface area (Å²) in [7, 11) is 0. The SMILES string of the molecule is Cc1cc(-c2ccc(CNC(=O)Cc3ccc(-c4ccc5cccnc5n4)cc3)cc2)ccc1F. The second-order valence-corrected chi connectivity index (χ2v) is 8.56. The molecule has 3 aromatic carbocycles. The number of pyridine rings is 2. The zero-order valence-electron chi connectivity index (χ0n) is 19.3. The maximum absolute atomic E-state index is 13.5. The summed E-state index contributed by atoms with van der Waals surface area (Å²) in [6, 6.07) is 28.8. The summed E-state index contributed by atoms with van der Waals surface area (Å²) in [6.07, 6.45) is 2.04. The summed E-state index contributed by atoms with van der Waals surface area (Å²) in [5.41, 5.74) is 7.11. The molecule has 0 atom stereocenters. The average Bonchev–Trinajstić information content (AvgIpc) is 2.89. The largest absolute Gasteiger partial charge is 0.352 e. The van der Waals surface area contributed by atoms with E-state index in [1.165, 1.54) is 6.07 Å². The number of carbonyl (C=O) groups is 1. The van der Waals surface area contributed by atoms with Crippen LogP contribution in [0.1, 0.15) is 16.7 Å². The molecule has 2 heterocycles. The maximum atomic E-state index is 13.5. The Balaban J connectivity index is 1.17. The fourth-order valence-corrected chi connectivity index (χ4v) is 3.99. The number of nitrogens with one attached hydrogen (secondary N) is 1. The predicted molar refractivity (Wildman–Crippen MR) is 137 cm³/mol. The van der Waals surface area contributed by atoms with E-state index in [0.717, 1.165) is 38.9 Å². The second kappa shape index (κ2) is 9.85. The zero-order valence-corrected chi connectivity index (χ0v) is 19.3. The molecule has 0 aliphatic rings. The van der Waals surface area contributed by atoms with Gasteiger partial charge in [0.05, 0.1) is 12.1 Å². The molecular formula is C30H24FN3O. The van der Waals surface area contributed by atoms with E-state index in [0.29, 0.717) is 24.2 Å². The summed E-state index contributed by atoms with van der Waals surface area (Å²) >= 11 is 0. The maximum Gasteiger partial charge on any atom is 0.224 e. The number of benzene rings is 3. The van der Waals surface area contributed by atoms with Crippen molar-refractivity contribution in [2.75, 3.05) is 0 Å². The summed E-state index contributed by atoms with van der Waals surface area (Å²) in [5, 5.41) is 3.98. The highest BCUT2D eigenvalue weighted by molar-refractivity contribution is 5.80. The summed E-state index contributed by atoms with van der Waals surface area (Å²) < 4.78 is 13.5. The number of nitrogens with zero attached hydrogens (tertiary/aromatic N) is 2. The number of aromatic nitrogens is 2. The molecular weight excluding hydrogens is 437 g/mol. The first kappa shape index (κ1) is 22.4. The minimum absolute atomic E-state index is 0.0379. The Labute approximate surface area is 203 Å². The number of fused-ring (bicyclic) bond motifs is 1. The molecule has 35 heavy (non-hydrogen) atoms. The zero-order chi connectivity index (χ0) is 24.2. The number of aryl methyl sites for hydroxylation is 1. The van der Waals surface area contributed by atoms with Crippen LogP contribution in [-0.4, -0.2) is 15.9 Å². The lowest BCUT2D eigenvalue weighted by atomic mass is 10.0. The monoisotopic (exact) mass is 461 g/mol. The van der Waals surface area contributed by atoms with Crippen molar-refractivity contribution in [3.8, 4) is 22.4 Å². The highest BCUT2D eigenvalue weighted by Gasteiger charge is 2.07. The normalized spacial score (nSPS) is 10.9. The lowest BCUT2D eigenvalue weighted by Gasteiger charge is -2.08. The fraction of sp³-hybridized carbons (Fsp3) is 0.100. The lowest BCUT2D eigenvalue weighted by molar-refractivity contribution is -0.120. The van der Waals surface area contributed by atoms with Crippen LogP contribution in [0.4, 0.5) is 4.39 Å². The van der Waals surface area contributed by atoms with E-state index in [1.54, 1.807) is 19.2 Å². The molecule has 0 unspecified atom stereocenters. The number of amides is 1. The van der Waals surface area contributed by atoms with Crippen molar-refractivity contribution in [1.29, 1.82) is 0 Å². The molecule has 2 aromatic heterocycles. The van der Waals surface area contributed by atoms with Crippen LogP contribution in [-0.2, 0) is 17.8 Å². The van der Waals surface area contributed by atoms with Crippen molar-refractivity contribution in [1.82, 2.24) is 15.3 Å². The van der Waals surface area contributed by atoms with Gasteiger partial charge in [0, 0.05) is 23.7 Å². The Morgan fingerprint density at radius 3 is 2.31 bits per heavy atom. The van der Waals surface area contributed by atoms with Gasteiger partial charge in [-0.2, -0.15) is 0 Å². The standard InChI is InChI=1S/C30H24FN3O/c1-20-17-26(12-14-27(20)31)23-8-6-22(7-9-23)19-33-29(35)18-21-4-10-24(11-5-21)28-15-13-25-3-2-16-32-30(25)34-28/h2-17H,18-19H2,1H3,(H,33,35). The van der Waals surface area contributed by atoms with Gasteiger partial charge in [-0.25, -0.2) is 14.4 Å². The van der Waals surface area contributed by atoms with Gasteiger partial charge in [-0.1, -0.05) is 54.6 Å². The average molecular weight is 462 g/mol. The van der Waals surface area contributed by atoms with Crippen LogP contribution < -0.4 is 5.32 Å². The van der Waals surface area contributed by atoms with Gasteiger partial charge in [-0.3, -0.25) is 4.79 Å². The topological polar surface area (TPSA) is 54.9 Å². The van der Waals surface area contributed by atoms with E-state index >= 15 is 0 Å². The van der Waals surface area contributed by atoms with Gasteiger partial charge in [-0.15, -0.1) is 0 Å². The van der Waals surface area contributed by atoms with E-state index < -0.39 is 0 Å². The number of rotatable bonds is 6. The third-order valence-corrected chi connectivity index (χ3v) is 6.01. The Hall–Kier alpha value is -4.38. The van der Waals surface area contributed by atoms with E-state index in [2.05, 4.69) is 15.3 Å². The summed E-state index contributed by atoms with van der Waals surface area (Å²) in [5.74, 6) is -0.241. The Bertz CT molecular complexity index is 1500. The van der Waals surface area contributed by atoms with E-state index in [9.17, 15) is 9.18 Å². The molecule has 0 bridgehead atoms. The molecule has 4 nitrogen and oxygen atoms in total. The van der Waals surface area contributed by atoms with Gasteiger partial charge in [0.25, 0.3) is 0 Å². The van der Waals surface area contributed by atoms with Gasteiger partial charge in [0.1, 0.15) is 5.82 Å². The lowest BCUT2D eigenvalue weighted by Crippen LogP contribution is -2.24. The molecule has 0 spiro atoms. The van der Waals surface area contributed by atoms with Crippen LogP contribution in [0.2, 0.25) is 0 Å². The molecule has 0 aliphatic heterocycles. The molecule has 172 valence electrons. The minimum Gasteiger partial charge on any atom is -0.352 e. The number of carbonyl (C=O) groups excluding carboxylic acids is 1. The van der Waals surface area contributed by atoms with Gasteiger partial charge >= 0.3 is 0 Å². The van der Waals surface area contributed by atoms with Gasteiger partial charge in [-0.05, 0) is 71.1 Å².